The predicted molar refractivity (Wildman–Crippen MR) is 87.9 cm³/mol. The lowest BCUT2D eigenvalue weighted by Gasteiger charge is -2.46. The number of fused-ring (bicyclic) bond motifs is 2. The van der Waals surface area contributed by atoms with Crippen LogP contribution in [0.25, 0.3) is 0 Å². The Bertz CT molecular complexity index is 494. The van der Waals surface area contributed by atoms with Crippen molar-refractivity contribution in [2.45, 2.75) is 25.3 Å². The summed E-state index contributed by atoms with van der Waals surface area (Å²) in [5, 5.41) is 2.23. The van der Waals surface area contributed by atoms with Crippen molar-refractivity contribution in [1.82, 2.24) is 5.06 Å². The lowest BCUT2D eigenvalue weighted by atomic mass is 9.73. The minimum atomic E-state index is 0.521. The molecule has 2 aliphatic rings. The van der Waals surface area contributed by atoms with E-state index in [9.17, 15) is 0 Å². The number of hydrogen-bond acceptors (Lipinski definition) is 4. The molecule has 0 spiro atoms. The van der Waals surface area contributed by atoms with Gasteiger partial charge < -0.3 is 9.57 Å². The zero-order valence-electron chi connectivity index (χ0n) is 13.2. The molecule has 1 aromatic rings. The Kier molecular flexibility index (Phi) is 4.77. The number of benzene rings is 1. The van der Waals surface area contributed by atoms with Gasteiger partial charge in [-0.2, -0.15) is 16.8 Å². The number of methoxy groups -OCH3 is 1. The van der Waals surface area contributed by atoms with E-state index in [1.807, 2.05) is 18.9 Å². The predicted octanol–water partition coefficient (Wildman–Crippen LogP) is 3.02. The first-order chi connectivity index (χ1) is 10.3. The minimum Gasteiger partial charge on any atom is -0.496 e. The summed E-state index contributed by atoms with van der Waals surface area (Å²) in [6, 6.07) is 6.97. The third-order valence-electron chi connectivity index (χ3n) is 4.97. The Morgan fingerprint density at radius 1 is 1.29 bits per heavy atom. The van der Waals surface area contributed by atoms with Gasteiger partial charge in [0, 0.05) is 12.6 Å². The molecule has 116 valence electrons. The van der Waals surface area contributed by atoms with Gasteiger partial charge in [-0.15, -0.1) is 0 Å². The van der Waals surface area contributed by atoms with Crippen LogP contribution in [-0.4, -0.2) is 43.9 Å². The van der Waals surface area contributed by atoms with Crippen molar-refractivity contribution in [1.29, 1.82) is 0 Å². The van der Waals surface area contributed by atoms with Gasteiger partial charge in [0.15, 0.2) is 0 Å². The summed E-state index contributed by atoms with van der Waals surface area (Å²) in [6.45, 7) is 1.07. The second-order valence-electron chi connectivity index (χ2n) is 6.17. The van der Waals surface area contributed by atoms with Crippen molar-refractivity contribution in [3.05, 3.63) is 29.3 Å². The molecule has 0 aromatic heterocycles. The van der Waals surface area contributed by atoms with Crippen molar-refractivity contribution >= 4 is 11.8 Å². The molecular weight excluding hydrogens is 282 g/mol. The number of piperidine rings is 1. The number of hydroxylamine groups is 2. The lowest BCUT2D eigenvalue weighted by molar-refractivity contribution is -0.199. The van der Waals surface area contributed by atoms with Crippen LogP contribution in [0.2, 0.25) is 0 Å². The molecule has 0 radical (unpaired) electrons. The van der Waals surface area contributed by atoms with Gasteiger partial charge in [0.2, 0.25) is 0 Å². The first-order valence-corrected chi connectivity index (χ1v) is 9.10. The third-order valence-corrected chi connectivity index (χ3v) is 5.78. The van der Waals surface area contributed by atoms with Gasteiger partial charge in [0.25, 0.3) is 0 Å². The summed E-state index contributed by atoms with van der Waals surface area (Å²) in [6.07, 6.45) is 5.71. The van der Waals surface area contributed by atoms with Crippen LogP contribution in [0.4, 0.5) is 0 Å². The van der Waals surface area contributed by atoms with Crippen LogP contribution in [0.3, 0.4) is 0 Å². The summed E-state index contributed by atoms with van der Waals surface area (Å²) in [7, 11) is 3.60. The summed E-state index contributed by atoms with van der Waals surface area (Å²) in [5.74, 6) is 3.70. The Balaban J connectivity index is 1.86. The summed E-state index contributed by atoms with van der Waals surface area (Å²) >= 11 is 1.95. The molecule has 1 aromatic carbocycles. The average Bonchev–Trinajstić information content (AvgIpc) is 2.52. The Labute approximate surface area is 131 Å². The second kappa shape index (κ2) is 6.59. The first-order valence-electron chi connectivity index (χ1n) is 7.71. The van der Waals surface area contributed by atoms with E-state index < -0.39 is 0 Å². The SMILES string of the molecule is COc1cccc2c1CC1CC(CSC)CN(OC)C1C2. The largest absolute Gasteiger partial charge is 0.496 e. The fraction of sp³-hybridized carbons (Fsp3) is 0.647. The van der Waals surface area contributed by atoms with E-state index >= 15 is 0 Å². The van der Waals surface area contributed by atoms with Crippen LogP contribution in [0, 0.1) is 11.8 Å². The van der Waals surface area contributed by atoms with Crippen molar-refractivity contribution in [3.63, 3.8) is 0 Å². The van der Waals surface area contributed by atoms with Crippen LogP contribution in [-0.2, 0) is 17.7 Å². The first kappa shape index (κ1) is 15.2. The van der Waals surface area contributed by atoms with Gasteiger partial charge in [-0.25, -0.2) is 0 Å². The van der Waals surface area contributed by atoms with Crippen LogP contribution in [0.5, 0.6) is 5.75 Å². The van der Waals surface area contributed by atoms with Gasteiger partial charge in [-0.05, 0) is 60.3 Å². The molecule has 1 aliphatic heterocycles. The maximum Gasteiger partial charge on any atom is 0.122 e. The number of rotatable bonds is 4. The number of ether oxygens (including phenoxy) is 1. The van der Waals surface area contributed by atoms with E-state index in [4.69, 9.17) is 9.57 Å². The Hall–Kier alpha value is -0.710. The van der Waals surface area contributed by atoms with E-state index in [-0.39, 0.29) is 0 Å². The number of hydrogen-bond donors (Lipinski definition) is 0. The Morgan fingerprint density at radius 2 is 2.14 bits per heavy atom. The van der Waals surface area contributed by atoms with Gasteiger partial charge >= 0.3 is 0 Å². The van der Waals surface area contributed by atoms with Crippen LogP contribution < -0.4 is 4.74 Å². The fourth-order valence-electron chi connectivity index (χ4n) is 4.05. The molecule has 21 heavy (non-hydrogen) atoms. The van der Waals surface area contributed by atoms with E-state index in [0.717, 1.165) is 31.1 Å². The highest BCUT2D eigenvalue weighted by Gasteiger charge is 2.40. The average molecular weight is 307 g/mol. The van der Waals surface area contributed by atoms with Crippen LogP contribution >= 0.6 is 11.8 Å². The van der Waals surface area contributed by atoms with Crippen molar-refractivity contribution < 1.29 is 9.57 Å². The number of thioether (sulfide) groups is 1. The lowest BCUT2D eigenvalue weighted by Crippen LogP contribution is -2.52. The van der Waals surface area contributed by atoms with E-state index in [0.29, 0.717) is 12.0 Å². The monoisotopic (exact) mass is 307 g/mol. The highest BCUT2D eigenvalue weighted by molar-refractivity contribution is 7.98. The van der Waals surface area contributed by atoms with Crippen LogP contribution in [0.15, 0.2) is 18.2 Å². The molecule has 3 unspecified atom stereocenters. The molecular formula is C17H25NO2S. The zero-order chi connectivity index (χ0) is 14.8. The van der Waals surface area contributed by atoms with Crippen LogP contribution in [0.1, 0.15) is 17.5 Å². The van der Waals surface area contributed by atoms with E-state index in [1.165, 1.54) is 23.3 Å². The number of nitrogens with zero attached hydrogens (tertiary/aromatic N) is 1. The molecule has 0 N–H and O–H groups in total. The van der Waals surface area contributed by atoms with Gasteiger partial charge in [-0.1, -0.05) is 12.1 Å². The molecule has 0 amide bonds. The fourth-order valence-corrected chi connectivity index (χ4v) is 4.76. The summed E-state index contributed by atoms with van der Waals surface area (Å²) < 4.78 is 5.57. The maximum absolute atomic E-state index is 5.70. The maximum atomic E-state index is 5.70. The quantitative estimate of drug-likeness (QED) is 0.852. The standard InChI is InChI=1S/C17H25NO2S/c1-19-17-6-4-5-13-9-16-14(8-15(13)17)7-12(11-21-3)10-18(16)20-2/h4-6,12,14,16H,7-11H2,1-3H3. The topological polar surface area (TPSA) is 21.7 Å². The highest BCUT2D eigenvalue weighted by Crippen LogP contribution is 2.40. The molecule has 1 aliphatic carbocycles. The van der Waals surface area contributed by atoms with Crippen molar-refractivity contribution in [2.24, 2.45) is 11.8 Å². The molecule has 1 saturated heterocycles. The molecule has 0 saturated carbocycles. The van der Waals surface area contributed by atoms with Gasteiger partial charge in [-0.3, -0.25) is 0 Å². The minimum absolute atomic E-state index is 0.521. The van der Waals surface area contributed by atoms with Gasteiger partial charge in [0.1, 0.15) is 5.75 Å². The van der Waals surface area contributed by atoms with Gasteiger partial charge in [0.05, 0.1) is 14.2 Å². The van der Waals surface area contributed by atoms with Crippen molar-refractivity contribution in [3.8, 4) is 5.75 Å². The third kappa shape index (κ3) is 2.94. The molecule has 3 atom stereocenters. The van der Waals surface area contributed by atoms with E-state index in [1.54, 1.807) is 7.11 Å². The highest BCUT2D eigenvalue weighted by atomic mass is 32.2. The normalized spacial score (nSPS) is 28.8. The molecule has 1 heterocycles. The zero-order valence-corrected chi connectivity index (χ0v) is 14.0. The Morgan fingerprint density at radius 3 is 2.86 bits per heavy atom. The molecule has 3 nitrogen and oxygen atoms in total. The molecule has 3 rings (SSSR count). The summed E-state index contributed by atoms with van der Waals surface area (Å²) in [4.78, 5) is 5.70. The smallest absolute Gasteiger partial charge is 0.122 e. The molecule has 0 bridgehead atoms. The van der Waals surface area contributed by atoms with Crippen molar-refractivity contribution in [2.75, 3.05) is 32.8 Å². The summed E-state index contributed by atoms with van der Waals surface area (Å²) in [5.41, 5.74) is 2.85. The molecule has 1 fully saturated rings. The van der Waals surface area contributed by atoms with E-state index in [2.05, 4.69) is 29.5 Å². The molecule has 4 heteroatoms. The second-order valence-corrected chi connectivity index (χ2v) is 7.08.